The van der Waals surface area contributed by atoms with E-state index < -0.39 is 22.7 Å². The molecular formula is C10H21NO3. The van der Waals surface area contributed by atoms with E-state index in [4.69, 9.17) is 10.5 Å². The highest BCUT2D eigenvalue weighted by Gasteiger charge is 2.51. The van der Waals surface area contributed by atoms with Crippen molar-refractivity contribution in [3.8, 4) is 0 Å². The lowest BCUT2D eigenvalue weighted by molar-refractivity contribution is -0.174. The fourth-order valence-corrected chi connectivity index (χ4v) is 1.40. The molecule has 0 radical (unpaired) electrons. The van der Waals surface area contributed by atoms with Crippen LogP contribution in [0.15, 0.2) is 0 Å². The fraction of sp³-hybridized carbons (Fsp3) is 0.900. The van der Waals surface area contributed by atoms with Gasteiger partial charge < -0.3 is 15.6 Å². The highest BCUT2D eigenvalue weighted by molar-refractivity contribution is 5.65. The lowest BCUT2D eigenvalue weighted by Gasteiger charge is -2.48. The van der Waals surface area contributed by atoms with Crippen LogP contribution in [0.2, 0.25) is 0 Å². The topological polar surface area (TPSA) is 72.5 Å². The Balaban J connectivity index is 5.18. The molecule has 3 N–H and O–H groups in total. The molecule has 0 fully saturated rings. The summed E-state index contributed by atoms with van der Waals surface area (Å²) in [6, 6.07) is 0. The van der Waals surface area contributed by atoms with E-state index in [0.29, 0.717) is 0 Å². The maximum atomic E-state index is 10.8. The molecule has 1 amide bonds. The van der Waals surface area contributed by atoms with Crippen LogP contribution in [-0.4, -0.2) is 22.4 Å². The number of primary amides is 1. The Morgan fingerprint density at radius 1 is 1.14 bits per heavy atom. The molecule has 1 atom stereocenters. The smallest absolute Gasteiger partial charge is 0.405 e. The molecule has 0 heterocycles. The van der Waals surface area contributed by atoms with Gasteiger partial charge in [0.25, 0.3) is 0 Å². The van der Waals surface area contributed by atoms with Gasteiger partial charge in [-0.15, -0.1) is 0 Å². The van der Waals surface area contributed by atoms with Gasteiger partial charge in [0.2, 0.25) is 0 Å². The molecule has 0 aliphatic rings. The Hall–Kier alpha value is -0.770. The van der Waals surface area contributed by atoms with E-state index in [1.165, 1.54) is 0 Å². The molecule has 14 heavy (non-hydrogen) atoms. The normalized spacial score (nSPS) is 17.4. The Bertz CT molecular complexity index is 209. The Morgan fingerprint density at radius 3 is 1.57 bits per heavy atom. The molecular weight excluding hydrogens is 182 g/mol. The molecule has 0 aliphatic carbocycles. The number of nitrogens with two attached hydrogens (primary N) is 1. The number of hydrogen-bond acceptors (Lipinski definition) is 3. The Morgan fingerprint density at radius 2 is 1.50 bits per heavy atom. The van der Waals surface area contributed by atoms with Gasteiger partial charge in [0.15, 0.2) is 0 Å². The van der Waals surface area contributed by atoms with Gasteiger partial charge in [-0.05, 0) is 20.8 Å². The van der Waals surface area contributed by atoms with Crippen LogP contribution in [0.25, 0.3) is 0 Å². The van der Waals surface area contributed by atoms with Gasteiger partial charge in [-0.1, -0.05) is 20.8 Å². The summed E-state index contributed by atoms with van der Waals surface area (Å²) in [5, 5.41) is 9.99. The van der Waals surface area contributed by atoms with Gasteiger partial charge in [-0.25, -0.2) is 4.79 Å². The lowest BCUT2D eigenvalue weighted by atomic mass is 9.68. The molecule has 84 valence electrons. The molecule has 0 saturated carbocycles. The van der Waals surface area contributed by atoms with Crippen LogP contribution in [0.5, 0.6) is 0 Å². The molecule has 0 aromatic heterocycles. The number of hydrogen-bond donors (Lipinski definition) is 2. The van der Waals surface area contributed by atoms with E-state index in [1.807, 2.05) is 20.8 Å². The number of carbonyl (C=O) groups is 1. The van der Waals surface area contributed by atoms with Crippen LogP contribution in [0.3, 0.4) is 0 Å². The van der Waals surface area contributed by atoms with Crippen molar-refractivity contribution >= 4 is 6.09 Å². The van der Waals surface area contributed by atoms with E-state index in [2.05, 4.69) is 0 Å². The van der Waals surface area contributed by atoms with E-state index in [9.17, 15) is 9.90 Å². The summed E-state index contributed by atoms with van der Waals surface area (Å²) in [5.41, 5.74) is 2.42. The maximum Gasteiger partial charge on any atom is 0.405 e. The second kappa shape index (κ2) is 3.42. The van der Waals surface area contributed by atoms with E-state index in [-0.39, 0.29) is 0 Å². The minimum absolute atomic E-state index is 0.403. The summed E-state index contributed by atoms with van der Waals surface area (Å²) < 4.78 is 5.06. The van der Waals surface area contributed by atoms with E-state index >= 15 is 0 Å². The van der Waals surface area contributed by atoms with Crippen LogP contribution in [0, 0.1) is 5.41 Å². The monoisotopic (exact) mass is 203 g/mol. The predicted molar refractivity (Wildman–Crippen MR) is 54.8 cm³/mol. The molecule has 0 bridgehead atoms. The van der Waals surface area contributed by atoms with Crippen LogP contribution in [-0.2, 0) is 4.74 Å². The summed E-state index contributed by atoms with van der Waals surface area (Å²) in [5.74, 6) is 0. The van der Waals surface area contributed by atoms with Crippen molar-refractivity contribution in [2.75, 3.05) is 0 Å². The molecule has 0 saturated heterocycles. The fourth-order valence-electron chi connectivity index (χ4n) is 1.40. The standard InChI is InChI=1S/C10H21NO3/c1-8(2,3)10(6,9(4,5)13)14-7(11)12/h13H,1-6H3,(H2,11,12)/t10-/m0/s1. The molecule has 0 rings (SSSR count). The SMILES string of the molecule is CC(C)(C)[C@](C)(OC(N)=O)C(C)(C)O. The van der Waals surface area contributed by atoms with Gasteiger partial charge in [0, 0.05) is 5.41 Å². The zero-order chi connectivity index (χ0) is 11.8. The summed E-state index contributed by atoms with van der Waals surface area (Å²) >= 11 is 0. The zero-order valence-electron chi connectivity index (χ0n) is 9.84. The van der Waals surface area contributed by atoms with Crippen molar-refractivity contribution in [2.24, 2.45) is 11.1 Å². The maximum absolute atomic E-state index is 10.8. The van der Waals surface area contributed by atoms with Gasteiger partial charge in [-0.3, -0.25) is 0 Å². The van der Waals surface area contributed by atoms with Crippen molar-refractivity contribution in [3.63, 3.8) is 0 Å². The predicted octanol–water partition coefficient (Wildman–Crippen LogP) is 1.66. The minimum atomic E-state index is -1.15. The number of aliphatic hydroxyl groups is 1. The summed E-state index contributed by atoms with van der Waals surface area (Å²) in [7, 11) is 0. The number of ether oxygens (including phenoxy) is 1. The molecule has 0 spiro atoms. The second-order valence-corrected chi connectivity index (χ2v) is 5.26. The molecule has 0 aliphatic heterocycles. The van der Waals surface area contributed by atoms with E-state index in [0.717, 1.165) is 0 Å². The quantitative estimate of drug-likeness (QED) is 0.716. The Kier molecular flexibility index (Phi) is 3.23. The largest absolute Gasteiger partial charge is 0.440 e. The molecule has 4 heteroatoms. The first-order valence-corrected chi connectivity index (χ1v) is 4.62. The average molecular weight is 203 g/mol. The van der Waals surface area contributed by atoms with Crippen molar-refractivity contribution in [1.29, 1.82) is 0 Å². The van der Waals surface area contributed by atoms with Gasteiger partial charge in [-0.2, -0.15) is 0 Å². The third-order valence-electron chi connectivity index (χ3n) is 2.90. The number of amides is 1. The molecule has 0 unspecified atom stereocenters. The Labute approximate surface area is 85.4 Å². The number of carbonyl (C=O) groups excluding carboxylic acids is 1. The van der Waals surface area contributed by atoms with E-state index in [1.54, 1.807) is 20.8 Å². The van der Waals surface area contributed by atoms with Crippen molar-refractivity contribution in [2.45, 2.75) is 52.7 Å². The van der Waals surface area contributed by atoms with Crippen LogP contribution >= 0.6 is 0 Å². The number of rotatable bonds is 2. The molecule has 0 aromatic carbocycles. The second-order valence-electron chi connectivity index (χ2n) is 5.26. The summed E-state index contributed by atoms with van der Waals surface area (Å²) in [6.45, 7) is 10.5. The van der Waals surface area contributed by atoms with Gasteiger partial charge in [0.1, 0.15) is 5.60 Å². The summed E-state index contributed by atoms with van der Waals surface area (Å²) in [4.78, 5) is 10.8. The van der Waals surface area contributed by atoms with Crippen molar-refractivity contribution in [3.05, 3.63) is 0 Å². The zero-order valence-corrected chi connectivity index (χ0v) is 9.84. The third kappa shape index (κ3) is 2.38. The van der Waals surface area contributed by atoms with Crippen LogP contribution < -0.4 is 5.73 Å². The lowest BCUT2D eigenvalue weighted by Crippen LogP contribution is -2.59. The average Bonchev–Trinajstić information content (AvgIpc) is 1.79. The first kappa shape index (κ1) is 13.2. The van der Waals surface area contributed by atoms with Gasteiger partial charge in [0.05, 0.1) is 5.60 Å². The van der Waals surface area contributed by atoms with Crippen LogP contribution in [0.1, 0.15) is 41.5 Å². The third-order valence-corrected chi connectivity index (χ3v) is 2.90. The van der Waals surface area contributed by atoms with Gasteiger partial charge >= 0.3 is 6.09 Å². The van der Waals surface area contributed by atoms with Crippen LogP contribution in [0.4, 0.5) is 4.79 Å². The highest BCUT2D eigenvalue weighted by atomic mass is 16.6. The summed E-state index contributed by atoms with van der Waals surface area (Å²) in [6.07, 6.45) is -0.871. The first-order valence-electron chi connectivity index (χ1n) is 4.62. The van der Waals surface area contributed by atoms with Crippen molar-refractivity contribution in [1.82, 2.24) is 0 Å². The highest BCUT2D eigenvalue weighted by Crippen LogP contribution is 2.41. The molecule has 4 nitrogen and oxygen atoms in total. The first-order chi connectivity index (χ1) is 5.92. The minimum Gasteiger partial charge on any atom is -0.440 e. The van der Waals surface area contributed by atoms with Crippen molar-refractivity contribution < 1.29 is 14.6 Å². The molecule has 0 aromatic rings.